The number of cyclic esters (lactones) is 1. The van der Waals surface area contributed by atoms with Gasteiger partial charge in [-0.25, -0.2) is 4.79 Å². The molecule has 0 aliphatic carbocycles. The number of aliphatic imine (C=N–C) groups is 1. The van der Waals surface area contributed by atoms with Crippen LogP contribution in [0.1, 0.15) is 80.2 Å². The molecule has 0 spiro atoms. The second kappa shape index (κ2) is 17.9. The highest BCUT2D eigenvalue weighted by Crippen LogP contribution is 2.45. The van der Waals surface area contributed by atoms with Crippen molar-refractivity contribution in [2.75, 3.05) is 40.4 Å². The summed E-state index contributed by atoms with van der Waals surface area (Å²) in [4.78, 5) is 51.9. The first-order valence-electron chi connectivity index (χ1n) is 21.6. The molecule has 6 heterocycles. The van der Waals surface area contributed by atoms with Gasteiger partial charge in [-0.05, 0) is 73.0 Å². The molecular weight excluding hydrogens is 773 g/mol. The number of fused-ring (bicyclic) bond motifs is 5. The highest BCUT2D eigenvalue weighted by Gasteiger charge is 2.60. The van der Waals surface area contributed by atoms with E-state index in [1.807, 2.05) is 71.8 Å². The molecule has 0 saturated carbocycles. The van der Waals surface area contributed by atoms with Crippen LogP contribution in [0.25, 0.3) is 11.0 Å². The molecule has 2 aromatic rings. The number of aliphatic hydroxyl groups is 1. The monoisotopic (exact) mass is 836 g/mol. The van der Waals surface area contributed by atoms with Crippen molar-refractivity contribution in [2.45, 2.75) is 141 Å². The molecule has 0 radical (unpaired) electrons. The number of carbonyl (C=O) groups excluding carboxylic acids is 2. The third kappa shape index (κ3) is 8.52. The van der Waals surface area contributed by atoms with Crippen LogP contribution in [0.15, 0.2) is 40.7 Å². The van der Waals surface area contributed by atoms with E-state index in [-0.39, 0.29) is 43.8 Å². The lowest BCUT2D eigenvalue weighted by Gasteiger charge is -2.48. The van der Waals surface area contributed by atoms with Crippen molar-refractivity contribution >= 4 is 34.5 Å². The first-order valence-corrected chi connectivity index (χ1v) is 21.6. The Morgan fingerprint density at radius 3 is 2.57 bits per heavy atom. The average Bonchev–Trinajstić information content (AvgIpc) is 3.36. The van der Waals surface area contributed by atoms with Crippen molar-refractivity contribution in [3.63, 3.8) is 0 Å². The minimum atomic E-state index is -1.14. The summed E-state index contributed by atoms with van der Waals surface area (Å²) in [5.41, 5.74) is 1.42. The summed E-state index contributed by atoms with van der Waals surface area (Å²) in [6.07, 6.45) is -0.206. The first kappa shape index (κ1) is 44.3. The third-order valence-electron chi connectivity index (χ3n) is 13.6. The Balaban J connectivity index is 1.31. The fourth-order valence-electron chi connectivity index (χ4n) is 10.6. The second-order valence-corrected chi connectivity index (χ2v) is 18.2. The van der Waals surface area contributed by atoms with Gasteiger partial charge in [0.25, 0.3) is 0 Å². The number of oxime groups is 1. The summed E-state index contributed by atoms with van der Waals surface area (Å²) in [5, 5.41) is 16.4. The summed E-state index contributed by atoms with van der Waals surface area (Å²) in [5.74, 6) is -2.29. The molecule has 4 saturated heterocycles. The van der Waals surface area contributed by atoms with Crippen LogP contribution in [-0.2, 0) is 44.7 Å². The van der Waals surface area contributed by atoms with E-state index in [0.717, 1.165) is 22.3 Å². The molecule has 14 atom stereocenters. The number of carbonyl (C=O) groups is 2. The number of hydrogen-bond acceptors (Lipinski definition) is 15. The minimum Gasteiger partial charge on any atom is -0.458 e. The van der Waals surface area contributed by atoms with Crippen LogP contribution in [0.4, 0.5) is 4.79 Å². The zero-order valence-corrected chi connectivity index (χ0v) is 36.8. The van der Waals surface area contributed by atoms with Crippen molar-refractivity contribution in [2.24, 2.45) is 33.8 Å². The molecule has 60 heavy (non-hydrogen) atoms. The predicted molar refractivity (Wildman–Crippen MR) is 222 cm³/mol. The molecule has 16 heteroatoms. The number of para-hydroxylation sites is 1. The van der Waals surface area contributed by atoms with Crippen molar-refractivity contribution < 1.29 is 48.0 Å². The average molecular weight is 837 g/mol. The van der Waals surface area contributed by atoms with Gasteiger partial charge in [0, 0.05) is 48.1 Å². The Hall–Kier alpha value is -3.80. The molecule has 1 aromatic heterocycles. The molecule has 1 N–H and O–H groups in total. The summed E-state index contributed by atoms with van der Waals surface area (Å²) in [7, 11) is 3.87. The zero-order valence-electron chi connectivity index (χ0n) is 36.8. The predicted octanol–water partition coefficient (Wildman–Crippen LogP) is 4.79. The summed E-state index contributed by atoms with van der Waals surface area (Å²) >= 11 is 0. The van der Waals surface area contributed by atoms with Gasteiger partial charge in [-0.1, -0.05) is 45.0 Å². The maximum atomic E-state index is 14.6. The zero-order chi connectivity index (χ0) is 43.1. The summed E-state index contributed by atoms with van der Waals surface area (Å²) < 4.78 is 39.9. The number of nitrogens with zero attached hydrogens (tertiary/aromatic N) is 6. The number of benzene rings is 1. The number of ether oxygens (including phenoxy) is 6. The minimum absolute atomic E-state index is 0.0122. The largest absolute Gasteiger partial charge is 0.458 e. The van der Waals surface area contributed by atoms with Crippen LogP contribution in [0.2, 0.25) is 0 Å². The lowest BCUT2D eigenvalue weighted by atomic mass is 9.72. The fourth-order valence-corrected chi connectivity index (χ4v) is 10.6. The van der Waals surface area contributed by atoms with Crippen LogP contribution >= 0.6 is 0 Å². The molecule has 1 amide bonds. The second-order valence-electron chi connectivity index (χ2n) is 18.2. The molecule has 5 aliphatic heterocycles. The highest BCUT2D eigenvalue weighted by atomic mass is 16.7. The van der Waals surface area contributed by atoms with Crippen LogP contribution in [0.5, 0.6) is 0 Å². The molecule has 4 fully saturated rings. The van der Waals surface area contributed by atoms with Crippen molar-refractivity contribution in [3.8, 4) is 0 Å². The molecule has 16 nitrogen and oxygen atoms in total. The Labute approximate surface area is 353 Å². The number of aliphatic hydroxyl groups excluding tert-OH is 1. The fraction of sp³-hybridized carbons (Fsp3) is 0.727. The molecule has 1 aromatic carbocycles. The van der Waals surface area contributed by atoms with Gasteiger partial charge in [-0.3, -0.25) is 24.7 Å². The van der Waals surface area contributed by atoms with Crippen molar-refractivity contribution in [1.82, 2.24) is 19.8 Å². The van der Waals surface area contributed by atoms with Gasteiger partial charge in [-0.15, -0.1) is 0 Å². The number of hydrogen-bond donors (Lipinski definition) is 1. The smallest absolute Gasteiger partial charge is 0.410 e. The van der Waals surface area contributed by atoms with Gasteiger partial charge < -0.3 is 43.3 Å². The summed E-state index contributed by atoms with van der Waals surface area (Å²) in [6, 6.07) is 5.05. The number of likely N-dealkylation sites (N-methyl/N-ethyl adjacent to an activating group) is 1. The molecule has 7 rings (SSSR count). The Kier molecular flexibility index (Phi) is 13.2. The number of rotatable bonds is 7. The lowest BCUT2D eigenvalue weighted by Crippen LogP contribution is -2.60. The van der Waals surface area contributed by atoms with E-state index in [1.165, 1.54) is 0 Å². The topological polar surface area (TPSA) is 176 Å². The first-order chi connectivity index (χ1) is 28.6. The normalized spacial score (nSPS) is 39.9. The van der Waals surface area contributed by atoms with Crippen molar-refractivity contribution in [3.05, 3.63) is 36.2 Å². The van der Waals surface area contributed by atoms with Gasteiger partial charge in [0.15, 0.2) is 11.9 Å². The van der Waals surface area contributed by atoms with Gasteiger partial charge in [0.05, 0.1) is 66.7 Å². The number of aromatic nitrogens is 2. The van der Waals surface area contributed by atoms with E-state index in [2.05, 4.69) is 29.0 Å². The molecule has 4 bridgehead atoms. The molecule has 5 aliphatic rings. The maximum Gasteiger partial charge on any atom is 0.410 e. The van der Waals surface area contributed by atoms with E-state index in [9.17, 15) is 14.7 Å². The molecule has 0 unspecified atom stereocenters. The van der Waals surface area contributed by atoms with E-state index in [4.69, 9.17) is 38.3 Å². The van der Waals surface area contributed by atoms with Crippen LogP contribution in [0, 0.1) is 23.7 Å². The Bertz CT molecular complexity index is 1930. The quantitative estimate of drug-likeness (QED) is 0.298. The van der Waals surface area contributed by atoms with E-state index >= 15 is 0 Å². The Morgan fingerprint density at radius 1 is 1.05 bits per heavy atom. The van der Waals surface area contributed by atoms with Crippen LogP contribution in [0.3, 0.4) is 0 Å². The summed E-state index contributed by atoms with van der Waals surface area (Å²) in [6.45, 7) is 16.7. The van der Waals surface area contributed by atoms with Gasteiger partial charge in [0.1, 0.15) is 24.5 Å². The van der Waals surface area contributed by atoms with Gasteiger partial charge in [0.2, 0.25) is 0 Å². The van der Waals surface area contributed by atoms with Gasteiger partial charge >= 0.3 is 12.1 Å². The lowest BCUT2D eigenvalue weighted by molar-refractivity contribution is -0.302. The van der Waals surface area contributed by atoms with E-state index < -0.39 is 71.8 Å². The molecular formula is C44H64N6O10. The maximum absolute atomic E-state index is 14.6. The number of esters is 1. The van der Waals surface area contributed by atoms with Crippen LogP contribution < -0.4 is 0 Å². The van der Waals surface area contributed by atoms with E-state index in [0.29, 0.717) is 38.1 Å². The standard InChI is InChI=1S/C44H64N6O10/c1-11-33-44(8)38-26(4)34(47-17-18-50(38)42(53)60-44)24(2)20-43(7)39(59-41-36(51)32(49(9)10)19-25(3)57-41)27(5)37(28(6)40(52)58-33)54-22-30(23-55-43)48-56-21-29-13-12-14-31-35(29)46-16-15-45-31/h12-16,24-28,32-33,36-39,41,51H,11,17-23H2,1-10H3/b48-30+/t24-,25+,26+,27+,28-,32-,33-,36+,37+,38-,39-,41-,43-,44-/m1/s1. The van der Waals surface area contributed by atoms with Crippen molar-refractivity contribution in [1.29, 1.82) is 0 Å². The van der Waals surface area contributed by atoms with Gasteiger partial charge in [-0.2, -0.15) is 0 Å². The molecule has 330 valence electrons. The third-order valence-corrected chi connectivity index (χ3v) is 13.6. The van der Waals surface area contributed by atoms with E-state index in [1.54, 1.807) is 24.2 Å². The highest BCUT2D eigenvalue weighted by molar-refractivity contribution is 5.91. The Morgan fingerprint density at radius 2 is 1.82 bits per heavy atom. The van der Waals surface area contributed by atoms with Crippen LogP contribution in [-0.4, -0.2) is 149 Å². The SMILES string of the molecule is CC[C@H]1OC(=O)[C@H](C)[C@H]2OC/C(=N\OCc3cccc4nccnc34)CO[C@](C)(C[C@@H](C)C3=NCCN4C(=O)O[C@@]1(C)[C@H]4[C@H]3C)[C@H](O[C@H]1O[C@@H](C)C[C@@H](N(C)C)[C@@H]1O)[C@H]2C. The number of amides is 1.